The number of nitrogens with zero attached hydrogens (tertiary/aromatic N) is 3. The zero-order chi connectivity index (χ0) is 20.1. The van der Waals surface area contributed by atoms with E-state index in [2.05, 4.69) is 28.8 Å². The van der Waals surface area contributed by atoms with Gasteiger partial charge in [0.25, 0.3) is 5.91 Å². The van der Waals surface area contributed by atoms with Crippen LogP contribution in [-0.2, 0) is 14.3 Å². The second kappa shape index (κ2) is 8.70. The molecule has 0 saturated heterocycles. The molecule has 146 valence electrons. The summed E-state index contributed by atoms with van der Waals surface area (Å²) in [4.78, 5) is 23.6. The van der Waals surface area contributed by atoms with Gasteiger partial charge in [-0.25, -0.2) is 9.48 Å². The third-order valence-corrected chi connectivity index (χ3v) is 4.25. The van der Waals surface area contributed by atoms with Crippen LogP contribution in [0.4, 0.5) is 0 Å². The molecule has 2 aromatic heterocycles. The van der Waals surface area contributed by atoms with Gasteiger partial charge in [-0.2, -0.15) is 5.10 Å². The van der Waals surface area contributed by atoms with E-state index in [1.54, 1.807) is 19.2 Å². The topological polar surface area (TPSA) is 78.2 Å². The van der Waals surface area contributed by atoms with Gasteiger partial charge in [0.2, 0.25) is 0 Å². The molecule has 1 N–H and O–H groups in total. The third-order valence-electron chi connectivity index (χ3n) is 4.25. The van der Waals surface area contributed by atoms with Gasteiger partial charge in [-0.15, -0.1) is 0 Å². The SMILES string of the molecule is CCNC(=O)[C@@H](C)OC(=O)/C=C/c1cc(C)n(-c2ccnn2C(C)C)c1C. The molecule has 2 rings (SSSR count). The molecule has 27 heavy (non-hydrogen) atoms. The van der Waals surface area contributed by atoms with Gasteiger partial charge in [0.1, 0.15) is 5.82 Å². The molecular weight excluding hydrogens is 344 g/mol. The fourth-order valence-electron chi connectivity index (χ4n) is 2.93. The highest BCUT2D eigenvalue weighted by Crippen LogP contribution is 2.23. The van der Waals surface area contributed by atoms with E-state index < -0.39 is 12.1 Å². The molecule has 0 saturated carbocycles. The summed E-state index contributed by atoms with van der Waals surface area (Å²) >= 11 is 0. The number of aryl methyl sites for hydroxylation is 1. The highest BCUT2D eigenvalue weighted by molar-refractivity contribution is 5.90. The first-order chi connectivity index (χ1) is 12.8. The number of carbonyl (C=O) groups excluding carboxylic acids is 2. The fraction of sp³-hybridized carbons (Fsp3) is 0.450. The third kappa shape index (κ3) is 4.67. The highest BCUT2D eigenvalue weighted by Gasteiger charge is 2.16. The highest BCUT2D eigenvalue weighted by atomic mass is 16.5. The van der Waals surface area contributed by atoms with Gasteiger partial charge in [-0.3, -0.25) is 4.79 Å². The standard InChI is InChI=1S/C20H28N4O3/c1-7-21-20(26)16(6)27-19(25)9-8-17-12-14(4)23(15(17)5)18-10-11-22-24(18)13(2)3/h8-13,16H,7H2,1-6H3,(H,21,26)/b9-8+/t16-/m1/s1. The predicted octanol–water partition coefficient (Wildman–Crippen LogP) is 2.95. The van der Waals surface area contributed by atoms with Crippen molar-refractivity contribution in [2.75, 3.05) is 6.54 Å². The van der Waals surface area contributed by atoms with E-state index in [1.165, 1.54) is 6.08 Å². The molecule has 0 aliphatic rings. The normalized spacial score (nSPS) is 12.6. The van der Waals surface area contributed by atoms with E-state index in [-0.39, 0.29) is 11.9 Å². The Morgan fingerprint density at radius 2 is 2.00 bits per heavy atom. The maximum absolute atomic E-state index is 12.0. The molecule has 0 unspecified atom stereocenters. The Bertz CT molecular complexity index is 846. The van der Waals surface area contributed by atoms with Crippen LogP contribution in [0, 0.1) is 13.8 Å². The van der Waals surface area contributed by atoms with Crippen molar-refractivity contribution < 1.29 is 14.3 Å². The first kappa shape index (κ1) is 20.5. The lowest BCUT2D eigenvalue weighted by atomic mass is 10.2. The maximum Gasteiger partial charge on any atom is 0.331 e. The second-order valence-electron chi connectivity index (χ2n) is 6.70. The van der Waals surface area contributed by atoms with Crippen molar-refractivity contribution in [2.24, 2.45) is 0 Å². The predicted molar refractivity (Wildman–Crippen MR) is 105 cm³/mol. The lowest BCUT2D eigenvalue weighted by Crippen LogP contribution is -2.35. The largest absolute Gasteiger partial charge is 0.449 e. The van der Waals surface area contributed by atoms with E-state index in [0.717, 1.165) is 22.8 Å². The summed E-state index contributed by atoms with van der Waals surface area (Å²) in [5.74, 6) is 0.122. The van der Waals surface area contributed by atoms with Crippen LogP contribution in [0.3, 0.4) is 0 Å². The Morgan fingerprint density at radius 3 is 2.63 bits per heavy atom. The number of esters is 1. The van der Waals surface area contributed by atoms with Gasteiger partial charge in [0.15, 0.2) is 6.10 Å². The van der Waals surface area contributed by atoms with Gasteiger partial charge >= 0.3 is 5.97 Å². The van der Waals surface area contributed by atoms with Crippen LogP contribution in [0.5, 0.6) is 0 Å². The monoisotopic (exact) mass is 372 g/mol. The number of likely N-dealkylation sites (N-methyl/N-ethyl adjacent to an activating group) is 1. The van der Waals surface area contributed by atoms with Crippen LogP contribution in [0.15, 0.2) is 24.4 Å². The molecule has 0 aromatic carbocycles. The Kier molecular flexibility index (Phi) is 6.60. The minimum atomic E-state index is -0.824. The molecule has 0 fully saturated rings. The van der Waals surface area contributed by atoms with E-state index >= 15 is 0 Å². The van der Waals surface area contributed by atoms with Gasteiger partial charge < -0.3 is 14.6 Å². The van der Waals surface area contributed by atoms with E-state index in [4.69, 9.17) is 4.74 Å². The molecule has 0 aliphatic heterocycles. The van der Waals surface area contributed by atoms with Crippen molar-refractivity contribution in [1.29, 1.82) is 0 Å². The summed E-state index contributed by atoms with van der Waals surface area (Å²) < 4.78 is 9.19. The van der Waals surface area contributed by atoms with Crippen molar-refractivity contribution in [3.05, 3.63) is 41.4 Å². The number of carbonyl (C=O) groups is 2. The minimum Gasteiger partial charge on any atom is -0.449 e. The fourth-order valence-corrected chi connectivity index (χ4v) is 2.93. The summed E-state index contributed by atoms with van der Waals surface area (Å²) in [5, 5.41) is 7.01. The molecule has 1 atom stereocenters. The number of hydrogen-bond acceptors (Lipinski definition) is 4. The summed E-state index contributed by atoms with van der Waals surface area (Å²) in [5.41, 5.74) is 2.95. The van der Waals surface area contributed by atoms with Gasteiger partial charge in [0, 0.05) is 36.1 Å². The van der Waals surface area contributed by atoms with Crippen LogP contribution in [-0.4, -0.2) is 38.9 Å². The molecule has 7 nitrogen and oxygen atoms in total. The first-order valence-electron chi connectivity index (χ1n) is 9.15. The molecule has 2 heterocycles. The average molecular weight is 372 g/mol. The summed E-state index contributed by atoms with van der Waals surface area (Å²) in [6.07, 6.45) is 4.02. The Labute approximate surface area is 160 Å². The van der Waals surface area contributed by atoms with Crippen LogP contribution in [0.25, 0.3) is 11.9 Å². The lowest BCUT2D eigenvalue weighted by Gasteiger charge is -2.15. The number of hydrogen-bond donors (Lipinski definition) is 1. The first-order valence-corrected chi connectivity index (χ1v) is 9.15. The van der Waals surface area contributed by atoms with Crippen LogP contribution < -0.4 is 5.32 Å². The number of rotatable bonds is 7. The number of amides is 1. The van der Waals surface area contributed by atoms with Crippen molar-refractivity contribution in [1.82, 2.24) is 19.7 Å². The zero-order valence-corrected chi connectivity index (χ0v) is 16.8. The molecule has 0 radical (unpaired) electrons. The molecular formula is C20H28N4O3. The smallest absolute Gasteiger partial charge is 0.331 e. The minimum absolute atomic E-state index is 0.237. The molecule has 0 bridgehead atoms. The van der Waals surface area contributed by atoms with Gasteiger partial charge in [0.05, 0.1) is 6.20 Å². The summed E-state index contributed by atoms with van der Waals surface area (Å²) in [7, 11) is 0. The summed E-state index contributed by atoms with van der Waals surface area (Å²) in [6.45, 7) is 12.0. The van der Waals surface area contributed by atoms with E-state index in [1.807, 2.05) is 37.6 Å². The molecule has 1 amide bonds. The average Bonchev–Trinajstić information content (AvgIpc) is 3.17. The van der Waals surface area contributed by atoms with Crippen LogP contribution >= 0.6 is 0 Å². The number of aromatic nitrogens is 3. The Hall–Kier alpha value is -2.83. The van der Waals surface area contributed by atoms with Crippen LogP contribution in [0.1, 0.15) is 50.7 Å². The van der Waals surface area contributed by atoms with Crippen molar-refractivity contribution in [2.45, 2.75) is 53.7 Å². The van der Waals surface area contributed by atoms with E-state index in [9.17, 15) is 9.59 Å². The molecule has 0 aliphatic carbocycles. The number of ether oxygens (including phenoxy) is 1. The van der Waals surface area contributed by atoms with Crippen molar-refractivity contribution in [3.63, 3.8) is 0 Å². The van der Waals surface area contributed by atoms with E-state index in [0.29, 0.717) is 6.54 Å². The van der Waals surface area contributed by atoms with Crippen molar-refractivity contribution in [3.8, 4) is 5.82 Å². The zero-order valence-electron chi connectivity index (χ0n) is 16.8. The second-order valence-corrected chi connectivity index (χ2v) is 6.70. The lowest BCUT2D eigenvalue weighted by molar-refractivity contribution is -0.150. The molecule has 2 aromatic rings. The van der Waals surface area contributed by atoms with Crippen LogP contribution in [0.2, 0.25) is 0 Å². The molecule has 0 spiro atoms. The summed E-state index contributed by atoms with van der Waals surface area (Å²) in [6, 6.07) is 4.21. The Balaban J connectivity index is 2.19. The molecule has 7 heteroatoms. The Morgan fingerprint density at radius 1 is 1.30 bits per heavy atom. The van der Waals surface area contributed by atoms with Crippen molar-refractivity contribution >= 4 is 18.0 Å². The quantitative estimate of drug-likeness (QED) is 0.599. The van der Waals surface area contributed by atoms with Gasteiger partial charge in [-0.05, 0) is 59.2 Å². The van der Waals surface area contributed by atoms with Gasteiger partial charge in [-0.1, -0.05) is 0 Å². The maximum atomic E-state index is 12.0. The number of nitrogens with one attached hydrogen (secondary N) is 1.